The van der Waals surface area contributed by atoms with Gasteiger partial charge in [0.2, 0.25) is 5.03 Å². The van der Waals surface area contributed by atoms with Crippen LogP contribution in [0.4, 0.5) is 4.39 Å². The Morgan fingerprint density at radius 3 is 2.80 bits per heavy atom. The number of aromatic nitrogens is 1. The van der Waals surface area contributed by atoms with Crippen LogP contribution in [0.5, 0.6) is 0 Å². The first-order valence-corrected chi connectivity index (χ1v) is 5.81. The molecule has 1 aromatic heterocycles. The van der Waals surface area contributed by atoms with Crippen molar-refractivity contribution in [3.05, 3.63) is 24.1 Å². The van der Waals surface area contributed by atoms with E-state index < -0.39 is 20.9 Å². The Labute approximate surface area is 87.8 Å². The van der Waals surface area contributed by atoms with Crippen molar-refractivity contribution in [2.24, 2.45) is 0 Å². The third kappa shape index (κ3) is 3.22. The van der Waals surface area contributed by atoms with Crippen LogP contribution in [0.2, 0.25) is 0 Å². The van der Waals surface area contributed by atoms with Gasteiger partial charge >= 0.3 is 0 Å². The molecule has 0 radical (unpaired) electrons. The van der Waals surface area contributed by atoms with Gasteiger partial charge in [-0.3, -0.25) is 0 Å². The van der Waals surface area contributed by atoms with Gasteiger partial charge in [0.25, 0.3) is 10.0 Å². The van der Waals surface area contributed by atoms with E-state index in [9.17, 15) is 12.8 Å². The van der Waals surface area contributed by atoms with Gasteiger partial charge in [0.05, 0.1) is 0 Å². The molecular formula is C8H12FN3O2S. The SMILES string of the molecule is CNCCNS(=O)(=O)c1ncccc1F. The van der Waals surface area contributed by atoms with E-state index in [0.717, 1.165) is 6.07 Å². The summed E-state index contributed by atoms with van der Waals surface area (Å²) in [6, 6.07) is 2.39. The quantitative estimate of drug-likeness (QED) is 0.686. The number of rotatable bonds is 5. The summed E-state index contributed by atoms with van der Waals surface area (Å²) >= 11 is 0. The van der Waals surface area contributed by atoms with E-state index in [2.05, 4.69) is 15.0 Å². The fraction of sp³-hybridized carbons (Fsp3) is 0.375. The molecular weight excluding hydrogens is 221 g/mol. The number of likely N-dealkylation sites (N-methyl/N-ethyl adjacent to an activating group) is 1. The van der Waals surface area contributed by atoms with Gasteiger partial charge in [-0.1, -0.05) is 0 Å². The van der Waals surface area contributed by atoms with Crippen LogP contribution >= 0.6 is 0 Å². The second-order valence-corrected chi connectivity index (χ2v) is 4.47. The first-order valence-electron chi connectivity index (χ1n) is 4.32. The molecule has 0 aliphatic rings. The Morgan fingerprint density at radius 1 is 1.47 bits per heavy atom. The minimum Gasteiger partial charge on any atom is -0.318 e. The molecule has 1 heterocycles. The van der Waals surface area contributed by atoms with Crippen LogP contribution in [0.1, 0.15) is 0 Å². The van der Waals surface area contributed by atoms with Crippen LogP contribution in [0.15, 0.2) is 23.4 Å². The van der Waals surface area contributed by atoms with Crippen molar-refractivity contribution >= 4 is 10.0 Å². The molecule has 0 unspecified atom stereocenters. The minimum absolute atomic E-state index is 0.189. The summed E-state index contributed by atoms with van der Waals surface area (Å²) in [6.45, 7) is 0.655. The van der Waals surface area contributed by atoms with E-state index in [1.807, 2.05) is 0 Å². The van der Waals surface area contributed by atoms with Gasteiger partial charge in [-0.05, 0) is 19.2 Å². The maximum Gasteiger partial charge on any atom is 0.261 e. The Morgan fingerprint density at radius 2 is 2.20 bits per heavy atom. The monoisotopic (exact) mass is 233 g/mol. The summed E-state index contributed by atoms with van der Waals surface area (Å²) in [6.07, 6.45) is 1.23. The molecule has 0 spiro atoms. The lowest BCUT2D eigenvalue weighted by atomic mass is 10.5. The van der Waals surface area contributed by atoms with E-state index in [1.54, 1.807) is 7.05 Å². The summed E-state index contributed by atoms with van der Waals surface area (Å²) in [5.41, 5.74) is 0. The zero-order valence-corrected chi connectivity index (χ0v) is 9.01. The zero-order chi connectivity index (χ0) is 11.3. The van der Waals surface area contributed by atoms with Gasteiger partial charge in [-0.25, -0.2) is 22.5 Å². The van der Waals surface area contributed by atoms with Crippen molar-refractivity contribution in [1.29, 1.82) is 0 Å². The molecule has 1 rings (SSSR count). The molecule has 2 N–H and O–H groups in total. The number of sulfonamides is 1. The molecule has 5 nitrogen and oxygen atoms in total. The van der Waals surface area contributed by atoms with Gasteiger partial charge < -0.3 is 5.32 Å². The molecule has 1 aromatic rings. The van der Waals surface area contributed by atoms with Crippen molar-refractivity contribution in [3.63, 3.8) is 0 Å². The van der Waals surface area contributed by atoms with Crippen LogP contribution in [0.3, 0.4) is 0 Å². The highest BCUT2D eigenvalue weighted by Gasteiger charge is 2.19. The maximum absolute atomic E-state index is 13.1. The highest BCUT2D eigenvalue weighted by Crippen LogP contribution is 2.08. The van der Waals surface area contributed by atoms with Crippen molar-refractivity contribution in [3.8, 4) is 0 Å². The largest absolute Gasteiger partial charge is 0.318 e. The lowest BCUT2D eigenvalue weighted by molar-refractivity contribution is 0.544. The number of nitrogens with one attached hydrogen (secondary N) is 2. The highest BCUT2D eigenvalue weighted by molar-refractivity contribution is 7.89. The zero-order valence-electron chi connectivity index (χ0n) is 8.20. The Balaban J connectivity index is 2.83. The fourth-order valence-electron chi connectivity index (χ4n) is 0.948. The van der Waals surface area contributed by atoms with E-state index in [0.29, 0.717) is 6.54 Å². The number of hydrogen-bond donors (Lipinski definition) is 2. The van der Waals surface area contributed by atoms with Crippen molar-refractivity contribution in [2.45, 2.75) is 5.03 Å². The molecule has 0 fully saturated rings. The van der Waals surface area contributed by atoms with E-state index in [-0.39, 0.29) is 6.54 Å². The summed E-state index contributed by atoms with van der Waals surface area (Å²) in [5, 5.41) is 2.20. The van der Waals surface area contributed by atoms with Crippen molar-refractivity contribution in [2.75, 3.05) is 20.1 Å². The highest BCUT2D eigenvalue weighted by atomic mass is 32.2. The average molecular weight is 233 g/mol. The normalized spacial score (nSPS) is 11.6. The first-order chi connectivity index (χ1) is 7.08. The van der Waals surface area contributed by atoms with Crippen LogP contribution in [0.25, 0.3) is 0 Å². The van der Waals surface area contributed by atoms with Gasteiger partial charge in [0.15, 0.2) is 5.82 Å². The van der Waals surface area contributed by atoms with Crippen LogP contribution < -0.4 is 10.0 Å². The predicted octanol–water partition coefficient (Wildman–Crippen LogP) is -0.282. The van der Waals surface area contributed by atoms with Crippen molar-refractivity contribution < 1.29 is 12.8 Å². The van der Waals surface area contributed by atoms with Crippen LogP contribution in [-0.4, -0.2) is 33.5 Å². The lowest BCUT2D eigenvalue weighted by Crippen LogP contribution is -2.31. The van der Waals surface area contributed by atoms with Crippen LogP contribution in [-0.2, 0) is 10.0 Å². The van der Waals surface area contributed by atoms with Gasteiger partial charge in [-0.2, -0.15) is 0 Å². The summed E-state index contributed by atoms with van der Waals surface area (Å²) in [7, 11) is -2.15. The van der Waals surface area contributed by atoms with Crippen LogP contribution in [0, 0.1) is 5.82 Å². The topological polar surface area (TPSA) is 71.1 Å². The van der Waals surface area contributed by atoms with Gasteiger partial charge in [0.1, 0.15) is 0 Å². The fourth-order valence-corrected chi connectivity index (χ4v) is 1.98. The van der Waals surface area contributed by atoms with E-state index in [1.165, 1.54) is 12.3 Å². The number of nitrogens with zero attached hydrogens (tertiary/aromatic N) is 1. The summed E-state index contributed by atoms with van der Waals surface area (Å²) in [5.74, 6) is -0.852. The molecule has 0 aliphatic carbocycles. The molecule has 0 saturated heterocycles. The standard InChI is InChI=1S/C8H12FN3O2S/c1-10-5-6-12-15(13,14)8-7(9)3-2-4-11-8/h2-4,10,12H,5-6H2,1H3. The molecule has 0 aliphatic heterocycles. The summed E-state index contributed by atoms with van der Waals surface area (Å²) < 4.78 is 38.3. The molecule has 0 aromatic carbocycles. The second-order valence-electron chi connectivity index (χ2n) is 2.79. The van der Waals surface area contributed by atoms with Gasteiger partial charge in [0, 0.05) is 19.3 Å². The maximum atomic E-state index is 13.1. The number of halogens is 1. The Bertz CT molecular complexity index is 422. The van der Waals surface area contributed by atoms with E-state index in [4.69, 9.17) is 0 Å². The second kappa shape index (κ2) is 5.15. The van der Waals surface area contributed by atoms with Gasteiger partial charge in [-0.15, -0.1) is 0 Å². The summed E-state index contributed by atoms with van der Waals surface area (Å²) in [4.78, 5) is 3.48. The number of pyridine rings is 1. The van der Waals surface area contributed by atoms with E-state index >= 15 is 0 Å². The average Bonchev–Trinajstić information content (AvgIpc) is 2.18. The predicted molar refractivity (Wildman–Crippen MR) is 53.3 cm³/mol. The lowest BCUT2D eigenvalue weighted by Gasteiger charge is -2.05. The molecule has 0 amide bonds. The molecule has 0 saturated carbocycles. The number of hydrogen-bond acceptors (Lipinski definition) is 4. The van der Waals surface area contributed by atoms with Crippen molar-refractivity contribution in [1.82, 2.24) is 15.0 Å². The molecule has 84 valence electrons. The molecule has 0 bridgehead atoms. The Hall–Kier alpha value is -1.05. The first kappa shape index (κ1) is 12.0. The third-order valence-electron chi connectivity index (χ3n) is 1.65. The Kier molecular flexibility index (Phi) is 4.13. The third-order valence-corrected chi connectivity index (χ3v) is 3.04. The molecule has 7 heteroatoms. The molecule has 15 heavy (non-hydrogen) atoms. The molecule has 0 atom stereocenters. The minimum atomic E-state index is -3.84. The smallest absolute Gasteiger partial charge is 0.261 e.